The van der Waals surface area contributed by atoms with Crippen LogP contribution in [0.4, 0.5) is 5.69 Å². The van der Waals surface area contributed by atoms with E-state index in [9.17, 15) is 14.9 Å². The summed E-state index contributed by atoms with van der Waals surface area (Å²) in [5.41, 5.74) is -0.0636. The zero-order valence-electron chi connectivity index (χ0n) is 8.18. The standard InChI is InChI=1S/C10H8ClNO4/c1-7(11)6-16-10-3-2-8(5-13)4-9(10)12(14)15/h2-5H,1,6H2. The lowest BCUT2D eigenvalue weighted by Crippen LogP contribution is -2.00. The van der Waals surface area contributed by atoms with Gasteiger partial charge in [0.15, 0.2) is 5.75 Å². The first-order valence-corrected chi connectivity index (χ1v) is 4.62. The van der Waals surface area contributed by atoms with E-state index in [1.54, 1.807) is 0 Å². The number of hydrogen-bond donors (Lipinski definition) is 0. The molecule has 0 saturated heterocycles. The number of carbonyl (C=O) groups excluding carboxylic acids is 1. The van der Waals surface area contributed by atoms with Gasteiger partial charge in [-0.15, -0.1) is 0 Å². The number of rotatable bonds is 5. The number of halogens is 1. The van der Waals surface area contributed by atoms with Crippen LogP contribution in [0.3, 0.4) is 0 Å². The summed E-state index contributed by atoms with van der Waals surface area (Å²) >= 11 is 5.47. The maximum Gasteiger partial charge on any atom is 0.311 e. The van der Waals surface area contributed by atoms with Gasteiger partial charge in [-0.2, -0.15) is 0 Å². The molecule has 0 fully saturated rings. The smallest absolute Gasteiger partial charge is 0.311 e. The zero-order chi connectivity index (χ0) is 12.1. The SMILES string of the molecule is C=C(Cl)COc1ccc(C=O)cc1[N+](=O)[O-]. The number of nitro benzene ring substituents is 1. The number of nitrogens with zero attached hydrogens (tertiary/aromatic N) is 1. The molecule has 0 aliphatic rings. The molecule has 0 aliphatic carbocycles. The third-order valence-electron chi connectivity index (χ3n) is 1.70. The summed E-state index contributed by atoms with van der Waals surface area (Å²) in [5.74, 6) is 0.0531. The van der Waals surface area contributed by atoms with Crippen molar-refractivity contribution in [1.29, 1.82) is 0 Å². The molecule has 84 valence electrons. The van der Waals surface area contributed by atoms with Gasteiger partial charge in [-0.3, -0.25) is 14.9 Å². The van der Waals surface area contributed by atoms with E-state index in [-0.39, 0.29) is 28.6 Å². The molecule has 1 rings (SSSR count). The van der Waals surface area contributed by atoms with Crippen molar-refractivity contribution >= 4 is 23.6 Å². The van der Waals surface area contributed by atoms with Crippen LogP contribution in [0.1, 0.15) is 10.4 Å². The Labute approximate surface area is 96.4 Å². The summed E-state index contributed by atoms with van der Waals surface area (Å²) in [5, 5.41) is 10.9. The van der Waals surface area contributed by atoms with E-state index < -0.39 is 4.92 Å². The number of ether oxygens (including phenoxy) is 1. The van der Waals surface area contributed by atoms with E-state index in [1.165, 1.54) is 12.1 Å². The van der Waals surface area contributed by atoms with Crippen molar-refractivity contribution in [1.82, 2.24) is 0 Å². The Bertz CT molecular complexity index is 444. The quantitative estimate of drug-likeness (QED) is 0.451. The summed E-state index contributed by atoms with van der Waals surface area (Å²) < 4.78 is 5.07. The minimum atomic E-state index is -0.626. The maximum atomic E-state index is 10.7. The normalized spacial score (nSPS) is 9.56. The molecule has 0 saturated carbocycles. The maximum absolute atomic E-state index is 10.7. The summed E-state index contributed by atoms with van der Waals surface area (Å²) in [7, 11) is 0. The Morgan fingerprint density at radius 2 is 2.31 bits per heavy atom. The lowest BCUT2D eigenvalue weighted by Gasteiger charge is -2.05. The van der Waals surface area contributed by atoms with Gasteiger partial charge in [0.1, 0.15) is 12.9 Å². The molecule has 0 aromatic heterocycles. The highest BCUT2D eigenvalue weighted by atomic mass is 35.5. The topological polar surface area (TPSA) is 69.4 Å². The minimum absolute atomic E-state index is 0.0250. The highest BCUT2D eigenvalue weighted by Crippen LogP contribution is 2.27. The van der Waals surface area contributed by atoms with Crippen LogP contribution in [-0.2, 0) is 0 Å². The lowest BCUT2D eigenvalue weighted by molar-refractivity contribution is -0.385. The van der Waals surface area contributed by atoms with Gasteiger partial charge in [-0.25, -0.2) is 0 Å². The molecular formula is C10H8ClNO4. The van der Waals surface area contributed by atoms with E-state index in [1.807, 2.05) is 0 Å². The molecule has 0 aliphatic heterocycles. The van der Waals surface area contributed by atoms with Gasteiger partial charge < -0.3 is 4.74 Å². The summed E-state index contributed by atoms with van der Waals surface area (Å²) in [4.78, 5) is 20.5. The van der Waals surface area contributed by atoms with Crippen LogP contribution < -0.4 is 4.74 Å². The Kier molecular flexibility index (Phi) is 4.02. The molecule has 0 unspecified atom stereocenters. The van der Waals surface area contributed by atoms with E-state index in [4.69, 9.17) is 16.3 Å². The summed E-state index contributed by atoms with van der Waals surface area (Å²) in [6.07, 6.45) is 0.525. The number of carbonyl (C=O) groups is 1. The van der Waals surface area contributed by atoms with Crippen molar-refractivity contribution in [3.05, 3.63) is 45.5 Å². The Morgan fingerprint density at radius 1 is 1.62 bits per heavy atom. The van der Waals surface area contributed by atoms with Gasteiger partial charge in [-0.05, 0) is 12.1 Å². The zero-order valence-corrected chi connectivity index (χ0v) is 8.94. The monoisotopic (exact) mass is 241 g/mol. The first-order chi connectivity index (χ1) is 7.54. The number of aldehydes is 1. The first kappa shape index (κ1) is 12.2. The molecule has 1 aromatic rings. The van der Waals surface area contributed by atoms with Gasteiger partial charge >= 0.3 is 5.69 Å². The van der Waals surface area contributed by atoms with Gasteiger partial charge in [0.2, 0.25) is 0 Å². The van der Waals surface area contributed by atoms with E-state index in [0.717, 1.165) is 6.07 Å². The molecule has 0 radical (unpaired) electrons. The number of benzene rings is 1. The first-order valence-electron chi connectivity index (χ1n) is 4.24. The van der Waals surface area contributed by atoms with Crippen molar-refractivity contribution < 1.29 is 14.5 Å². The van der Waals surface area contributed by atoms with Gasteiger partial charge in [0.05, 0.1) is 4.92 Å². The summed E-state index contributed by atoms with van der Waals surface area (Å²) in [6, 6.07) is 3.91. The average molecular weight is 242 g/mol. The molecule has 0 spiro atoms. The highest BCUT2D eigenvalue weighted by molar-refractivity contribution is 6.29. The fourth-order valence-electron chi connectivity index (χ4n) is 1.03. The van der Waals surface area contributed by atoms with Gasteiger partial charge in [-0.1, -0.05) is 18.2 Å². The molecule has 16 heavy (non-hydrogen) atoms. The molecule has 0 heterocycles. The lowest BCUT2D eigenvalue weighted by atomic mass is 10.2. The van der Waals surface area contributed by atoms with Crippen LogP contribution in [0.25, 0.3) is 0 Å². The van der Waals surface area contributed by atoms with E-state index in [2.05, 4.69) is 6.58 Å². The van der Waals surface area contributed by atoms with E-state index in [0.29, 0.717) is 6.29 Å². The van der Waals surface area contributed by atoms with Crippen LogP contribution in [0.5, 0.6) is 5.75 Å². The molecule has 6 heteroatoms. The van der Waals surface area contributed by atoms with Crippen molar-refractivity contribution in [3.63, 3.8) is 0 Å². The molecule has 5 nitrogen and oxygen atoms in total. The highest BCUT2D eigenvalue weighted by Gasteiger charge is 2.15. The molecule has 0 amide bonds. The van der Waals surface area contributed by atoms with Crippen molar-refractivity contribution in [3.8, 4) is 5.75 Å². The van der Waals surface area contributed by atoms with Crippen LogP contribution >= 0.6 is 11.6 Å². The molecule has 0 atom stereocenters. The second-order valence-electron chi connectivity index (χ2n) is 2.91. The Balaban J connectivity index is 3.03. The van der Waals surface area contributed by atoms with Gasteiger partial charge in [0.25, 0.3) is 0 Å². The second kappa shape index (κ2) is 5.27. The number of nitro groups is 1. The van der Waals surface area contributed by atoms with E-state index >= 15 is 0 Å². The summed E-state index contributed by atoms with van der Waals surface area (Å²) in [6.45, 7) is 3.37. The van der Waals surface area contributed by atoms with Gasteiger partial charge in [0, 0.05) is 16.7 Å². The van der Waals surface area contributed by atoms with Crippen molar-refractivity contribution in [2.75, 3.05) is 6.61 Å². The third-order valence-corrected chi connectivity index (χ3v) is 1.81. The Hall–Kier alpha value is -1.88. The average Bonchev–Trinajstić information content (AvgIpc) is 2.25. The fourth-order valence-corrected chi connectivity index (χ4v) is 1.08. The predicted octanol–water partition coefficient (Wildman–Crippen LogP) is 2.54. The van der Waals surface area contributed by atoms with Crippen molar-refractivity contribution in [2.24, 2.45) is 0 Å². The van der Waals surface area contributed by atoms with Crippen LogP contribution in [0.15, 0.2) is 29.8 Å². The largest absolute Gasteiger partial charge is 0.481 e. The van der Waals surface area contributed by atoms with Crippen LogP contribution in [0.2, 0.25) is 0 Å². The fraction of sp³-hybridized carbons (Fsp3) is 0.100. The predicted molar refractivity (Wildman–Crippen MR) is 59.0 cm³/mol. The number of hydrogen-bond acceptors (Lipinski definition) is 4. The Morgan fingerprint density at radius 3 is 2.81 bits per heavy atom. The third kappa shape index (κ3) is 3.06. The molecule has 1 aromatic carbocycles. The molecular weight excluding hydrogens is 234 g/mol. The van der Waals surface area contributed by atoms with Crippen LogP contribution in [0, 0.1) is 10.1 Å². The molecule has 0 N–H and O–H groups in total. The molecule has 0 bridgehead atoms. The van der Waals surface area contributed by atoms with Crippen LogP contribution in [-0.4, -0.2) is 17.8 Å². The second-order valence-corrected chi connectivity index (χ2v) is 3.44. The van der Waals surface area contributed by atoms with Crippen molar-refractivity contribution in [2.45, 2.75) is 0 Å². The minimum Gasteiger partial charge on any atom is -0.481 e.